The summed E-state index contributed by atoms with van der Waals surface area (Å²) in [6.07, 6.45) is 5.73. The Morgan fingerprint density at radius 3 is 2.56 bits per heavy atom. The predicted octanol–water partition coefficient (Wildman–Crippen LogP) is 3.12. The molecule has 3 nitrogen and oxygen atoms in total. The van der Waals surface area contributed by atoms with Crippen molar-refractivity contribution in [2.24, 2.45) is 11.1 Å². The van der Waals surface area contributed by atoms with Gasteiger partial charge in [-0.2, -0.15) is 0 Å². The summed E-state index contributed by atoms with van der Waals surface area (Å²) in [6.45, 7) is 8.88. The molecule has 2 N–H and O–H groups in total. The van der Waals surface area contributed by atoms with Crippen LogP contribution in [0.5, 0.6) is 0 Å². The Morgan fingerprint density at radius 1 is 1.39 bits per heavy atom. The van der Waals surface area contributed by atoms with E-state index in [0.717, 1.165) is 24.5 Å². The monoisotopic (exact) mass is 247 g/mol. The Hall–Kier alpha value is -1.09. The zero-order valence-electron chi connectivity index (χ0n) is 11.8. The third kappa shape index (κ3) is 2.51. The average Bonchev–Trinajstić information content (AvgIpc) is 2.84. The summed E-state index contributed by atoms with van der Waals surface area (Å²) in [4.78, 5) is 6.98. The van der Waals surface area contributed by atoms with Crippen molar-refractivity contribution in [2.45, 2.75) is 46.1 Å². The van der Waals surface area contributed by atoms with Gasteiger partial charge in [0.15, 0.2) is 0 Å². The van der Waals surface area contributed by atoms with Crippen LogP contribution in [0.3, 0.4) is 0 Å². The van der Waals surface area contributed by atoms with E-state index < -0.39 is 0 Å². The van der Waals surface area contributed by atoms with Crippen molar-refractivity contribution < 1.29 is 0 Å². The Kier molecular flexibility index (Phi) is 3.91. The Bertz CT molecular complexity index is 379. The first-order valence-corrected chi connectivity index (χ1v) is 7.07. The Morgan fingerprint density at radius 2 is 2.11 bits per heavy atom. The third-order valence-electron chi connectivity index (χ3n) is 4.56. The minimum atomic E-state index is 0.0653. The average molecular weight is 247 g/mol. The lowest BCUT2D eigenvalue weighted by Gasteiger charge is -2.26. The summed E-state index contributed by atoms with van der Waals surface area (Å²) < 4.78 is 0. The second-order valence-electron chi connectivity index (χ2n) is 5.62. The standard InChI is InChI=1S/C15H25N3/c1-4-15(5-2)8-9-18(11-15)14-7-6-13(10-17-14)12(3)16/h6-7,10,12H,4-5,8-9,11,16H2,1-3H3/t12-/m0/s1. The molecule has 1 saturated heterocycles. The minimum Gasteiger partial charge on any atom is -0.356 e. The van der Waals surface area contributed by atoms with Gasteiger partial charge < -0.3 is 10.6 Å². The molecule has 18 heavy (non-hydrogen) atoms. The van der Waals surface area contributed by atoms with E-state index >= 15 is 0 Å². The van der Waals surface area contributed by atoms with Crippen LogP contribution >= 0.6 is 0 Å². The van der Waals surface area contributed by atoms with Gasteiger partial charge in [0, 0.05) is 25.3 Å². The van der Waals surface area contributed by atoms with Crippen LogP contribution in [0.1, 0.15) is 51.6 Å². The highest BCUT2D eigenvalue weighted by Gasteiger charge is 2.35. The molecular weight excluding hydrogens is 222 g/mol. The van der Waals surface area contributed by atoms with Crippen LogP contribution in [0.25, 0.3) is 0 Å². The molecular formula is C15H25N3. The molecule has 2 heterocycles. The van der Waals surface area contributed by atoms with E-state index in [-0.39, 0.29) is 6.04 Å². The van der Waals surface area contributed by atoms with Gasteiger partial charge in [-0.1, -0.05) is 19.9 Å². The second kappa shape index (κ2) is 5.27. The number of anilines is 1. The maximum Gasteiger partial charge on any atom is 0.128 e. The smallest absolute Gasteiger partial charge is 0.128 e. The molecule has 1 aliphatic rings. The van der Waals surface area contributed by atoms with Gasteiger partial charge in [0.25, 0.3) is 0 Å². The molecule has 1 atom stereocenters. The molecule has 0 spiro atoms. The number of aromatic nitrogens is 1. The topological polar surface area (TPSA) is 42.1 Å². The van der Waals surface area contributed by atoms with Crippen molar-refractivity contribution in [1.82, 2.24) is 4.98 Å². The summed E-state index contributed by atoms with van der Waals surface area (Å²) in [6, 6.07) is 4.28. The highest BCUT2D eigenvalue weighted by molar-refractivity contribution is 5.41. The predicted molar refractivity (Wildman–Crippen MR) is 76.7 cm³/mol. The molecule has 0 unspecified atom stereocenters. The molecule has 2 rings (SSSR count). The molecule has 1 fully saturated rings. The summed E-state index contributed by atoms with van der Waals surface area (Å²) >= 11 is 0. The molecule has 100 valence electrons. The van der Waals surface area contributed by atoms with E-state index in [4.69, 9.17) is 5.73 Å². The van der Waals surface area contributed by atoms with Crippen molar-refractivity contribution in [3.63, 3.8) is 0 Å². The molecule has 0 aromatic carbocycles. The SMILES string of the molecule is CCC1(CC)CCN(c2ccc([C@H](C)N)cn2)C1. The maximum atomic E-state index is 5.85. The molecule has 1 aromatic heterocycles. The molecule has 0 bridgehead atoms. The van der Waals surface area contributed by atoms with E-state index in [1.54, 1.807) is 0 Å². The zero-order valence-corrected chi connectivity index (χ0v) is 11.8. The number of pyridine rings is 1. The second-order valence-corrected chi connectivity index (χ2v) is 5.62. The molecule has 1 aromatic rings. The van der Waals surface area contributed by atoms with Gasteiger partial charge in [0.05, 0.1) is 0 Å². The third-order valence-corrected chi connectivity index (χ3v) is 4.56. The van der Waals surface area contributed by atoms with Crippen LogP contribution < -0.4 is 10.6 Å². The first-order valence-electron chi connectivity index (χ1n) is 7.07. The fraction of sp³-hybridized carbons (Fsp3) is 0.667. The fourth-order valence-electron chi connectivity index (χ4n) is 2.81. The summed E-state index contributed by atoms with van der Waals surface area (Å²) in [5.74, 6) is 1.10. The van der Waals surface area contributed by atoms with E-state index in [1.807, 2.05) is 13.1 Å². The van der Waals surface area contributed by atoms with Crippen molar-refractivity contribution in [1.29, 1.82) is 0 Å². The van der Waals surface area contributed by atoms with Gasteiger partial charge >= 0.3 is 0 Å². The van der Waals surface area contributed by atoms with Crippen LogP contribution in [-0.2, 0) is 0 Å². The van der Waals surface area contributed by atoms with Gasteiger partial charge in [0.1, 0.15) is 5.82 Å². The van der Waals surface area contributed by atoms with E-state index in [9.17, 15) is 0 Å². The van der Waals surface area contributed by atoms with Crippen LogP contribution in [0, 0.1) is 5.41 Å². The van der Waals surface area contributed by atoms with E-state index in [0.29, 0.717) is 5.41 Å². The summed E-state index contributed by atoms with van der Waals surface area (Å²) in [7, 11) is 0. The Balaban J connectivity index is 2.09. The zero-order chi connectivity index (χ0) is 13.2. The van der Waals surface area contributed by atoms with Crippen molar-refractivity contribution in [3.8, 4) is 0 Å². The van der Waals surface area contributed by atoms with Gasteiger partial charge in [-0.25, -0.2) is 4.98 Å². The molecule has 1 aliphatic heterocycles. The number of nitrogens with two attached hydrogens (primary N) is 1. The normalized spacial score (nSPS) is 20.1. The molecule has 0 aliphatic carbocycles. The highest BCUT2D eigenvalue weighted by Crippen LogP contribution is 2.38. The van der Waals surface area contributed by atoms with Crippen LogP contribution in [0.15, 0.2) is 18.3 Å². The quantitative estimate of drug-likeness (QED) is 0.889. The van der Waals surface area contributed by atoms with E-state index in [1.165, 1.54) is 19.3 Å². The molecule has 0 amide bonds. The first-order chi connectivity index (χ1) is 8.60. The summed E-state index contributed by atoms with van der Waals surface area (Å²) in [5, 5.41) is 0. The lowest BCUT2D eigenvalue weighted by Crippen LogP contribution is -2.26. The van der Waals surface area contributed by atoms with Crippen molar-refractivity contribution in [3.05, 3.63) is 23.9 Å². The number of hydrogen-bond acceptors (Lipinski definition) is 3. The summed E-state index contributed by atoms with van der Waals surface area (Å²) in [5.41, 5.74) is 7.46. The van der Waals surface area contributed by atoms with Crippen molar-refractivity contribution >= 4 is 5.82 Å². The lowest BCUT2D eigenvalue weighted by molar-refractivity contribution is 0.301. The van der Waals surface area contributed by atoms with Gasteiger partial charge in [-0.3, -0.25) is 0 Å². The lowest BCUT2D eigenvalue weighted by atomic mass is 9.82. The first kappa shape index (κ1) is 13.3. The van der Waals surface area contributed by atoms with Gasteiger partial charge in [-0.05, 0) is 43.2 Å². The molecule has 3 heteroatoms. The van der Waals surface area contributed by atoms with Crippen molar-refractivity contribution in [2.75, 3.05) is 18.0 Å². The molecule has 0 saturated carbocycles. The number of nitrogens with zero attached hydrogens (tertiary/aromatic N) is 2. The largest absolute Gasteiger partial charge is 0.356 e. The Labute approximate surface area is 110 Å². The van der Waals surface area contributed by atoms with E-state index in [2.05, 4.69) is 35.9 Å². The number of hydrogen-bond donors (Lipinski definition) is 1. The minimum absolute atomic E-state index is 0.0653. The van der Waals surface area contributed by atoms with Crippen LogP contribution in [0.2, 0.25) is 0 Å². The fourth-order valence-corrected chi connectivity index (χ4v) is 2.81. The van der Waals surface area contributed by atoms with Crippen LogP contribution in [0.4, 0.5) is 5.82 Å². The van der Waals surface area contributed by atoms with Crippen LogP contribution in [-0.4, -0.2) is 18.1 Å². The molecule has 0 radical (unpaired) electrons. The number of rotatable bonds is 4. The van der Waals surface area contributed by atoms with Gasteiger partial charge in [-0.15, -0.1) is 0 Å². The highest BCUT2D eigenvalue weighted by atomic mass is 15.2. The van der Waals surface area contributed by atoms with Gasteiger partial charge in [0.2, 0.25) is 0 Å². The maximum absolute atomic E-state index is 5.85.